The van der Waals surface area contributed by atoms with Gasteiger partial charge in [-0.25, -0.2) is 4.79 Å². The van der Waals surface area contributed by atoms with Gasteiger partial charge in [0.1, 0.15) is 6.04 Å². The molecular formula is C13H17NO4. The number of rotatable bonds is 5. The van der Waals surface area contributed by atoms with Crippen molar-refractivity contribution in [1.29, 1.82) is 0 Å². The van der Waals surface area contributed by atoms with Crippen LogP contribution in [0.3, 0.4) is 0 Å². The second-order valence-corrected chi connectivity index (χ2v) is 3.80. The number of carbonyl (C=O) groups is 2. The van der Waals surface area contributed by atoms with E-state index in [2.05, 4.69) is 5.32 Å². The molecule has 0 spiro atoms. The summed E-state index contributed by atoms with van der Waals surface area (Å²) in [6, 6.07) is 5.82. The van der Waals surface area contributed by atoms with Gasteiger partial charge in [0.25, 0.3) is 5.91 Å². The third kappa shape index (κ3) is 3.85. The number of nitrogens with one attached hydrogen (secondary N) is 1. The van der Waals surface area contributed by atoms with Crippen molar-refractivity contribution in [3.63, 3.8) is 0 Å². The monoisotopic (exact) mass is 251 g/mol. The maximum absolute atomic E-state index is 11.8. The molecule has 5 heteroatoms. The summed E-state index contributed by atoms with van der Waals surface area (Å²) in [5, 5.41) is 11.4. The summed E-state index contributed by atoms with van der Waals surface area (Å²) in [5.41, 5.74) is 1.16. The van der Waals surface area contributed by atoms with Gasteiger partial charge in [-0.2, -0.15) is 0 Å². The lowest BCUT2D eigenvalue weighted by Crippen LogP contribution is -2.39. The zero-order chi connectivity index (χ0) is 13.5. The van der Waals surface area contributed by atoms with Crippen LogP contribution in [-0.4, -0.2) is 29.6 Å². The van der Waals surface area contributed by atoms with Crippen LogP contribution in [0, 0.1) is 0 Å². The van der Waals surface area contributed by atoms with Gasteiger partial charge in [0.2, 0.25) is 0 Å². The Kier molecular flexibility index (Phi) is 5.32. The van der Waals surface area contributed by atoms with Crippen molar-refractivity contribution >= 4 is 11.9 Å². The maximum atomic E-state index is 11.8. The molecule has 1 amide bonds. The van der Waals surface area contributed by atoms with Gasteiger partial charge in [0.05, 0.1) is 13.2 Å². The Labute approximate surface area is 106 Å². The predicted molar refractivity (Wildman–Crippen MR) is 65.9 cm³/mol. The van der Waals surface area contributed by atoms with Crippen LogP contribution < -0.4 is 5.32 Å². The summed E-state index contributed by atoms with van der Waals surface area (Å²) in [6.07, 6.45) is 0. The lowest BCUT2D eigenvalue weighted by atomic mass is 10.1. The predicted octanol–water partition coefficient (Wildman–Crippen LogP) is 0.860. The molecule has 1 rings (SSSR count). The maximum Gasteiger partial charge on any atom is 0.328 e. The number of esters is 1. The zero-order valence-corrected chi connectivity index (χ0v) is 10.5. The molecule has 0 aliphatic heterocycles. The summed E-state index contributed by atoms with van der Waals surface area (Å²) < 4.78 is 4.79. The highest BCUT2D eigenvalue weighted by Crippen LogP contribution is 2.04. The number of carbonyl (C=O) groups excluding carboxylic acids is 2. The molecule has 0 heterocycles. The van der Waals surface area contributed by atoms with E-state index in [0.29, 0.717) is 5.56 Å². The van der Waals surface area contributed by atoms with E-state index in [1.165, 1.54) is 0 Å². The molecule has 2 N–H and O–H groups in total. The summed E-state index contributed by atoms with van der Waals surface area (Å²) in [5.74, 6) is -0.808. The molecular weight excluding hydrogens is 234 g/mol. The molecule has 18 heavy (non-hydrogen) atoms. The van der Waals surface area contributed by atoms with Crippen LogP contribution in [0.5, 0.6) is 0 Å². The van der Waals surface area contributed by atoms with Crippen molar-refractivity contribution in [3.05, 3.63) is 35.4 Å². The number of ether oxygens (including phenoxy) is 1. The molecule has 1 atom stereocenters. The number of hydrogen-bond acceptors (Lipinski definition) is 4. The van der Waals surface area contributed by atoms with Crippen molar-refractivity contribution in [2.45, 2.75) is 26.5 Å². The van der Waals surface area contributed by atoms with E-state index >= 15 is 0 Å². The van der Waals surface area contributed by atoms with Crippen LogP contribution >= 0.6 is 0 Å². The fourth-order valence-electron chi connectivity index (χ4n) is 1.37. The summed E-state index contributed by atoms with van der Waals surface area (Å²) >= 11 is 0. The zero-order valence-electron chi connectivity index (χ0n) is 10.5. The normalized spacial score (nSPS) is 11.7. The number of aliphatic hydroxyl groups excluding tert-OH is 1. The van der Waals surface area contributed by atoms with E-state index in [4.69, 9.17) is 9.84 Å². The first-order chi connectivity index (χ1) is 8.58. The van der Waals surface area contributed by atoms with E-state index in [0.717, 1.165) is 5.56 Å². The fourth-order valence-corrected chi connectivity index (χ4v) is 1.37. The van der Waals surface area contributed by atoms with Gasteiger partial charge < -0.3 is 15.2 Å². The van der Waals surface area contributed by atoms with E-state index < -0.39 is 12.0 Å². The molecule has 1 aromatic rings. The molecule has 0 radical (unpaired) electrons. The summed E-state index contributed by atoms with van der Waals surface area (Å²) in [4.78, 5) is 23.1. The van der Waals surface area contributed by atoms with Crippen LogP contribution in [0.15, 0.2) is 24.3 Å². The highest BCUT2D eigenvalue weighted by molar-refractivity contribution is 5.96. The Morgan fingerprint density at radius 3 is 2.44 bits per heavy atom. The molecule has 1 unspecified atom stereocenters. The molecule has 0 aromatic heterocycles. The molecule has 0 saturated heterocycles. The van der Waals surface area contributed by atoms with Crippen LogP contribution in [0.25, 0.3) is 0 Å². The van der Waals surface area contributed by atoms with Crippen molar-refractivity contribution in [1.82, 2.24) is 5.32 Å². The third-order valence-electron chi connectivity index (χ3n) is 2.39. The van der Waals surface area contributed by atoms with Gasteiger partial charge in [-0.3, -0.25) is 4.79 Å². The highest BCUT2D eigenvalue weighted by Gasteiger charge is 2.17. The number of hydrogen-bond donors (Lipinski definition) is 2. The van der Waals surface area contributed by atoms with Crippen molar-refractivity contribution in [2.75, 3.05) is 6.61 Å². The van der Waals surface area contributed by atoms with Crippen LogP contribution in [0.4, 0.5) is 0 Å². The Morgan fingerprint density at radius 2 is 1.94 bits per heavy atom. The Balaban J connectivity index is 2.61. The standard InChI is InChI=1S/C13H17NO4/c1-3-18-13(17)9(2)14-12(16)11-6-4-10(8-15)5-7-11/h4-7,9,15H,3,8H2,1-2H3,(H,14,16). The van der Waals surface area contributed by atoms with Crippen LogP contribution in [0.1, 0.15) is 29.8 Å². The minimum atomic E-state index is -0.685. The minimum Gasteiger partial charge on any atom is -0.464 e. The smallest absolute Gasteiger partial charge is 0.328 e. The highest BCUT2D eigenvalue weighted by atomic mass is 16.5. The summed E-state index contributed by atoms with van der Waals surface area (Å²) in [6.45, 7) is 3.49. The topological polar surface area (TPSA) is 75.6 Å². The number of amides is 1. The van der Waals surface area contributed by atoms with Gasteiger partial charge in [0.15, 0.2) is 0 Å². The Morgan fingerprint density at radius 1 is 1.33 bits per heavy atom. The lowest BCUT2D eigenvalue weighted by molar-refractivity contribution is -0.144. The summed E-state index contributed by atoms with van der Waals surface area (Å²) in [7, 11) is 0. The first kappa shape index (κ1) is 14.2. The van der Waals surface area contributed by atoms with Crippen molar-refractivity contribution in [3.8, 4) is 0 Å². The molecule has 98 valence electrons. The molecule has 0 aliphatic carbocycles. The van der Waals surface area contributed by atoms with Crippen LogP contribution in [-0.2, 0) is 16.1 Å². The molecule has 0 saturated carbocycles. The van der Waals surface area contributed by atoms with Gasteiger partial charge >= 0.3 is 5.97 Å². The third-order valence-corrected chi connectivity index (χ3v) is 2.39. The second-order valence-electron chi connectivity index (χ2n) is 3.80. The quantitative estimate of drug-likeness (QED) is 0.761. The molecule has 5 nitrogen and oxygen atoms in total. The van der Waals surface area contributed by atoms with E-state index in [1.54, 1.807) is 38.1 Å². The largest absolute Gasteiger partial charge is 0.464 e. The Hall–Kier alpha value is -1.88. The van der Waals surface area contributed by atoms with Crippen molar-refractivity contribution < 1.29 is 19.4 Å². The van der Waals surface area contributed by atoms with E-state index in [-0.39, 0.29) is 19.1 Å². The average Bonchev–Trinajstić information content (AvgIpc) is 2.39. The van der Waals surface area contributed by atoms with E-state index in [9.17, 15) is 9.59 Å². The van der Waals surface area contributed by atoms with E-state index in [1.807, 2.05) is 0 Å². The molecule has 1 aromatic carbocycles. The lowest BCUT2D eigenvalue weighted by Gasteiger charge is -2.12. The number of aliphatic hydroxyl groups is 1. The fraction of sp³-hybridized carbons (Fsp3) is 0.385. The van der Waals surface area contributed by atoms with Crippen LogP contribution in [0.2, 0.25) is 0 Å². The minimum absolute atomic E-state index is 0.0683. The first-order valence-corrected chi connectivity index (χ1v) is 5.75. The number of benzene rings is 1. The SMILES string of the molecule is CCOC(=O)C(C)NC(=O)c1ccc(CO)cc1. The van der Waals surface area contributed by atoms with Gasteiger partial charge in [-0.05, 0) is 31.5 Å². The first-order valence-electron chi connectivity index (χ1n) is 5.75. The van der Waals surface area contributed by atoms with Gasteiger partial charge in [-0.1, -0.05) is 12.1 Å². The second kappa shape index (κ2) is 6.76. The van der Waals surface area contributed by atoms with Gasteiger partial charge in [0, 0.05) is 5.56 Å². The molecule has 0 fully saturated rings. The van der Waals surface area contributed by atoms with Gasteiger partial charge in [-0.15, -0.1) is 0 Å². The molecule has 0 aliphatic rings. The average molecular weight is 251 g/mol. The Bertz CT molecular complexity index is 414. The van der Waals surface area contributed by atoms with Crippen molar-refractivity contribution in [2.24, 2.45) is 0 Å². The molecule has 0 bridgehead atoms.